The third-order valence-electron chi connectivity index (χ3n) is 4.67. The van der Waals surface area contributed by atoms with Crippen LogP contribution in [0, 0.1) is 6.92 Å². The van der Waals surface area contributed by atoms with Crippen molar-refractivity contribution in [1.29, 1.82) is 0 Å². The molecule has 1 atom stereocenters. The first kappa shape index (κ1) is 17.4. The van der Waals surface area contributed by atoms with Gasteiger partial charge in [-0.25, -0.2) is 4.98 Å². The van der Waals surface area contributed by atoms with Gasteiger partial charge in [0, 0.05) is 16.3 Å². The van der Waals surface area contributed by atoms with Crippen LogP contribution >= 0.6 is 11.3 Å². The summed E-state index contributed by atoms with van der Waals surface area (Å²) >= 11 is 1.62. The lowest BCUT2D eigenvalue weighted by atomic mass is 10.0. The van der Waals surface area contributed by atoms with Gasteiger partial charge in [-0.15, -0.1) is 0 Å². The van der Waals surface area contributed by atoms with Crippen molar-refractivity contribution in [2.75, 3.05) is 0 Å². The van der Waals surface area contributed by atoms with Crippen molar-refractivity contribution in [2.45, 2.75) is 19.9 Å². The fraction of sp³-hybridized carbons (Fsp3) is 0.130. The lowest BCUT2D eigenvalue weighted by Crippen LogP contribution is -2.27. The molecule has 4 rings (SSSR count). The normalized spacial score (nSPS) is 12.1. The van der Waals surface area contributed by atoms with Crippen molar-refractivity contribution in [2.24, 2.45) is 0 Å². The van der Waals surface area contributed by atoms with Crippen LogP contribution in [0.1, 0.15) is 34.5 Å². The molecule has 0 saturated carbocycles. The van der Waals surface area contributed by atoms with E-state index in [0.29, 0.717) is 5.56 Å². The standard InChI is InChI=1S/C23H20N2OS/c1-15-8-9-21-19(12-15)20(13-22(25-21)18-10-11-27-14-18)23(26)24-16(2)17-6-4-3-5-7-17/h3-14,16H,1-2H3,(H,24,26)/t16-/m1/s1. The average molecular weight is 372 g/mol. The number of fused-ring (bicyclic) bond motifs is 1. The van der Waals surface area contributed by atoms with Gasteiger partial charge in [-0.3, -0.25) is 4.79 Å². The molecule has 1 amide bonds. The summed E-state index contributed by atoms with van der Waals surface area (Å²) in [4.78, 5) is 17.9. The van der Waals surface area contributed by atoms with E-state index in [1.54, 1.807) is 11.3 Å². The highest BCUT2D eigenvalue weighted by Crippen LogP contribution is 2.27. The second kappa shape index (κ2) is 7.33. The van der Waals surface area contributed by atoms with Crippen molar-refractivity contribution in [1.82, 2.24) is 10.3 Å². The van der Waals surface area contributed by atoms with Crippen LogP contribution in [0.15, 0.2) is 71.4 Å². The molecular formula is C23H20N2OS. The molecule has 2 aromatic heterocycles. The number of carbonyl (C=O) groups excluding carboxylic acids is 1. The monoisotopic (exact) mass is 372 g/mol. The molecule has 134 valence electrons. The Morgan fingerprint density at radius 2 is 1.89 bits per heavy atom. The van der Waals surface area contributed by atoms with Crippen molar-refractivity contribution in [3.05, 3.63) is 88.1 Å². The number of benzene rings is 2. The Bertz CT molecular complexity index is 1090. The molecule has 0 aliphatic rings. The summed E-state index contributed by atoms with van der Waals surface area (Å²) < 4.78 is 0. The summed E-state index contributed by atoms with van der Waals surface area (Å²) in [5.74, 6) is -0.0826. The Kier molecular flexibility index (Phi) is 4.73. The summed E-state index contributed by atoms with van der Waals surface area (Å²) in [5, 5.41) is 8.09. The zero-order chi connectivity index (χ0) is 18.8. The lowest BCUT2D eigenvalue weighted by Gasteiger charge is -2.16. The molecule has 0 aliphatic carbocycles. The van der Waals surface area contributed by atoms with E-state index >= 15 is 0 Å². The highest BCUT2D eigenvalue weighted by atomic mass is 32.1. The molecule has 2 heterocycles. The van der Waals surface area contributed by atoms with Crippen LogP contribution in [0.2, 0.25) is 0 Å². The molecule has 0 aliphatic heterocycles. The Morgan fingerprint density at radius 1 is 1.07 bits per heavy atom. The van der Waals surface area contributed by atoms with Gasteiger partial charge in [0.25, 0.3) is 5.91 Å². The fourth-order valence-electron chi connectivity index (χ4n) is 3.19. The molecule has 0 fully saturated rings. The van der Waals surface area contributed by atoms with Gasteiger partial charge in [-0.05, 0) is 49.1 Å². The van der Waals surface area contributed by atoms with Gasteiger partial charge in [0.1, 0.15) is 0 Å². The van der Waals surface area contributed by atoms with Crippen molar-refractivity contribution >= 4 is 28.1 Å². The van der Waals surface area contributed by atoms with Gasteiger partial charge in [-0.1, -0.05) is 42.0 Å². The summed E-state index contributed by atoms with van der Waals surface area (Å²) in [6, 6.07) is 19.9. The van der Waals surface area contributed by atoms with Gasteiger partial charge >= 0.3 is 0 Å². The third-order valence-corrected chi connectivity index (χ3v) is 5.36. The third kappa shape index (κ3) is 3.62. The molecule has 3 nitrogen and oxygen atoms in total. The van der Waals surface area contributed by atoms with Gasteiger partial charge in [0.2, 0.25) is 0 Å². The summed E-state index contributed by atoms with van der Waals surface area (Å²) in [6.45, 7) is 4.03. The van der Waals surface area contributed by atoms with Crippen LogP contribution in [-0.4, -0.2) is 10.9 Å². The average Bonchev–Trinajstić information content (AvgIpc) is 3.22. The van der Waals surface area contributed by atoms with Crippen LogP contribution in [0.3, 0.4) is 0 Å². The molecular weight excluding hydrogens is 352 g/mol. The Balaban J connectivity index is 1.76. The Morgan fingerprint density at radius 3 is 2.63 bits per heavy atom. The van der Waals surface area contributed by atoms with Crippen LogP contribution in [0.5, 0.6) is 0 Å². The first-order valence-corrected chi connectivity index (χ1v) is 9.86. The number of hydrogen-bond acceptors (Lipinski definition) is 3. The van der Waals surface area contributed by atoms with Crippen LogP contribution < -0.4 is 5.32 Å². The lowest BCUT2D eigenvalue weighted by molar-refractivity contribution is 0.0941. The SMILES string of the molecule is Cc1ccc2nc(-c3ccsc3)cc(C(=O)N[C@H](C)c3ccccc3)c2c1. The number of rotatable bonds is 4. The van der Waals surface area contributed by atoms with Gasteiger partial charge in [0.15, 0.2) is 0 Å². The van der Waals surface area contributed by atoms with E-state index in [0.717, 1.165) is 33.3 Å². The first-order valence-electron chi connectivity index (χ1n) is 8.91. The second-order valence-corrected chi connectivity index (χ2v) is 7.47. The van der Waals surface area contributed by atoms with Crippen LogP contribution in [0.4, 0.5) is 0 Å². The number of nitrogens with one attached hydrogen (secondary N) is 1. The summed E-state index contributed by atoms with van der Waals surface area (Å²) in [6.07, 6.45) is 0. The quantitative estimate of drug-likeness (QED) is 0.495. The number of aryl methyl sites for hydroxylation is 1. The number of nitrogens with zero attached hydrogens (tertiary/aromatic N) is 1. The number of hydrogen-bond donors (Lipinski definition) is 1. The molecule has 4 heteroatoms. The van der Waals surface area contributed by atoms with E-state index in [2.05, 4.69) is 10.7 Å². The van der Waals surface area contributed by atoms with Gasteiger partial charge < -0.3 is 5.32 Å². The van der Waals surface area contributed by atoms with E-state index in [-0.39, 0.29) is 11.9 Å². The largest absolute Gasteiger partial charge is 0.345 e. The Hall–Kier alpha value is -2.98. The molecule has 0 radical (unpaired) electrons. The molecule has 27 heavy (non-hydrogen) atoms. The topological polar surface area (TPSA) is 42.0 Å². The van der Waals surface area contributed by atoms with E-state index in [4.69, 9.17) is 4.98 Å². The molecule has 0 unspecified atom stereocenters. The minimum atomic E-state index is -0.0826. The van der Waals surface area contributed by atoms with Crippen molar-refractivity contribution < 1.29 is 4.79 Å². The van der Waals surface area contributed by atoms with E-state index in [1.807, 2.05) is 79.9 Å². The van der Waals surface area contributed by atoms with Crippen LogP contribution in [-0.2, 0) is 0 Å². The maximum Gasteiger partial charge on any atom is 0.252 e. The molecule has 0 saturated heterocycles. The summed E-state index contributed by atoms with van der Waals surface area (Å²) in [7, 11) is 0. The predicted molar refractivity (Wildman–Crippen MR) is 112 cm³/mol. The number of carbonyl (C=O) groups is 1. The molecule has 2 aromatic carbocycles. The van der Waals surface area contributed by atoms with E-state index < -0.39 is 0 Å². The minimum Gasteiger partial charge on any atom is -0.345 e. The molecule has 1 N–H and O–H groups in total. The number of aromatic nitrogens is 1. The zero-order valence-electron chi connectivity index (χ0n) is 15.3. The number of thiophene rings is 1. The van der Waals surface area contributed by atoms with E-state index in [1.165, 1.54) is 0 Å². The zero-order valence-corrected chi connectivity index (χ0v) is 16.1. The highest BCUT2D eigenvalue weighted by Gasteiger charge is 2.17. The fourth-order valence-corrected chi connectivity index (χ4v) is 3.83. The summed E-state index contributed by atoms with van der Waals surface area (Å²) in [5.41, 5.74) is 5.54. The van der Waals surface area contributed by atoms with Crippen molar-refractivity contribution in [3.63, 3.8) is 0 Å². The molecule has 0 spiro atoms. The number of amides is 1. The van der Waals surface area contributed by atoms with Crippen LogP contribution in [0.25, 0.3) is 22.2 Å². The first-order chi connectivity index (χ1) is 13.1. The Labute approximate surface area is 162 Å². The molecule has 4 aromatic rings. The van der Waals surface area contributed by atoms with Gasteiger partial charge in [-0.2, -0.15) is 11.3 Å². The van der Waals surface area contributed by atoms with E-state index in [9.17, 15) is 4.79 Å². The minimum absolute atomic E-state index is 0.0729. The number of pyridine rings is 1. The second-order valence-electron chi connectivity index (χ2n) is 6.69. The molecule has 0 bridgehead atoms. The smallest absolute Gasteiger partial charge is 0.252 e. The highest BCUT2D eigenvalue weighted by molar-refractivity contribution is 7.08. The maximum atomic E-state index is 13.1. The van der Waals surface area contributed by atoms with Crippen molar-refractivity contribution in [3.8, 4) is 11.3 Å². The maximum absolute atomic E-state index is 13.1. The van der Waals surface area contributed by atoms with Gasteiger partial charge in [0.05, 0.1) is 22.8 Å². The predicted octanol–water partition coefficient (Wildman–Crippen LogP) is 5.76.